The zero-order valence-electron chi connectivity index (χ0n) is 7.47. The summed E-state index contributed by atoms with van der Waals surface area (Å²) in [6, 6.07) is 1.72. The number of amides is 1. The van der Waals surface area contributed by atoms with Gasteiger partial charge in [-0.15, -0.1) is 0 Å². The molecular formula is C9H8ClN3O. The van der Waals surface area contributed by atoms with E-state index in [4.69, 9.17) is 11.6 Å². The number of hydrogen-bond donors (Lipinski definition) is 2. The van der Waals surface area contributed by atoms with Crippen LogP contribution in [0, 0.1) is 0 Å². The number of aromatic nitrogens is 2. The predicted octanol–water partition coefficient (Wildman–Crippen LogP) is 2.17. The van der Waals surface area contributed by atoms with Gasteiger partial charge < -0.3 is 10.3 Å². The molecule has 0 spiro atoms. The lowest BCUT2D eigenvalue weighted by atomic mass is 10.3. The maximum absolute atomic E-state index is 10.9. The third-order valence-corrected chi connectivity index (χ3v) is 2.12. The summed E-state index contributed by atoms with van der Waals surface area (Å²) in [6.45, 7) is 1.46. The van der Waals surface area contributed by atoms with Crippen molar-refractivity contribution < 1.29 is 4.79 Å². The second-order valence-corrected chi connectivity index (χ2v) is 3.31. The van der Waals surface area contributed by atoms with Gasteiger partial charge in [-0.05, 0) is 6.07 Å². The van der Waals surface area contributed by atoms with Crippen molar-refractivity contribution in [1.29, 1.82) is 0 Å². The minimum atomic E-state index is -0.122. The highest BCUT2D eigenvalue weighted by molar-refractivity contribution is 6.35. The van der Waals surface area contributed by atoms with Gasteiger partial charge in [0.15, 0.2) is 0 Å². The van der Waals surface area contributed by atoms with Gasteiger partial charge in [0, 0.05) is 19.3 Å². The standard InChI is InChI=1S/C9H8ClN3O/c1-5(14)13-7-2-3-11-8-6(10)4-12-9(7)8/h2-4,12H,1H3,(H,11,13,14). The van der Waals surface area contributed by atoms with Crippen molar-refractivity contribution in [3.05, 3.63) is 23.5 Å². The van der Waals surface area contributed by atoms with Crippen molar-refractivity contribution in [1.82, 2.24) is 9.97 Å². The normalized spacial score (nSPS) is 10.4. The Morgan fingerprint density at radius 3 is 3.14 bits per heavy atom. The monoisotopic (exact) mass is 209 g/mol. The molecule has 0 atom stereocenters. The summed E-state index contributed by atoms with van der Waals surface area (Å²) in [5, 5.41) is 3.24. The van der Waals surface area contributed by atoms with Crippen LogP contribution in [0.15, 0.2) is 18.5 Å². The van der Waals surface area contributed by atoms with Gasteiger partial charge in [-0.1, -0.05) is 11.6 Å². The molecule has 0 unspecified atom stereocenters. The first-order valence-electron chi connectivity index (χ1n) is 4.07. The van der Waals surface area contributed by atoms with Crippen LogP contribution in [0.5, 0.6) is 0 Å². The maximum atomic E-state index is 10.9. The molecule has 0 aliphatic heterocycles. The minimum Gasteiger partial charge on any atom is -0.357 e. The van der Waals surface area contributed by atoms with E-state index in [1.54, 1.807) is 18.5 Å². The number of hydrogen-bond acceptors (Lipinski definition) is 2. The van der Waals surface area contributed by atoms with Gasteiger partial charge in [0.1, 0.15) is 5.52 Å². The van der Waals surface area contributed by atoms with Crippen LogP contribution >= 0.6 is 11.6 Å². The number of aromatic amines is 1. The molecule has 2 aromatic heterocycles. The van der Waals surface area contributed by atoms with E-state index in [9.17, 15) is 4.79 Å². The van der Waals surface area contributed by atoms with Crippen LogP contribution in [0.4, 0.5) is 5.69 Å². The van der Waals surface area contributed by atoms with Crippen molar-refractivity contribution in [2.45, 2.75) is 6.92 Å². The third-order valence-electron chi connectivity index (χ3n) is 1.83. The smallest absolute Gasteiger partial charge is 0.221 e. The first kappa shape index (κ1) is 9.02. The Labute approximate surface area is 85.3 Å². The molecule has 14 heavy (non-hydrogen) atoms. The zero-order chi connectivity index (χ0) is 10.1. The predicted molar refractivity (Wildman–Crippen MR) is 55.4 cm³/mol. The Morgan fingerprint density at radius 2 is 2.43 bits per heavy atom. The fraction of sp³-hybridized carbons (Fsp3) is 0.111. The van der Waals surface area contributed by atoms with Gasteiger partial charge >= 0.3 is 0 Å². The van der Waals surface area contributed by atoms with Crippen molar-refractivity contribution >= 4 is 34.2 Å². The highest BCUT2D eigenvalue weighted by atomic mass is 35.5. The van der Waals surface area contributed by atoms with E-state index in [-0.39, 0.29) is 5.91 Å². The SMILES string of the molecule is CC(=O)Nc1ccnc2c(Cl)c[nH]c12. The van der Waals surface area contributed by atoms with E-state index in [0.717, 1.165) is 5.52 Å². The molecule has 0 aliphatic carbocycles. The van der Waals surface area contributed by atoms with Crippen LogP contribution in [0.25, 0.3) is 11.0 Å². The van der Waals surface area contributed by atoms with Crippen molar-refractivity contribution in [3.8, 4) is 0 Å². The van der Waals surface area contributed by atoms with Gasteiger partial charge in [0.2, 0.25) is 5.91 Å². The first-order valence-corrected chi connectivity index (χ1v) is 4.45. The van der Waals surface area contributed by atoms with Crippen LogP contribution in [0.3, 0.4) is 0 Å². The van der Waals surface area contributed by atoms with Crippen LogP contribution in [0.2, 0.25) is 5.02 Å². The van der Waals surface area contributed by atoms with Gasteiger partial charge in [0.05, 0.1) is 16.2 Å². The fourth-order valence-corrected chi connectivity index (χ4v) is 1.48. The Bertz CT molecular complexity index is 492. The summed E-state index contributed by atoms with van der Waals surface area (Å²) in [5.41, 5.74) is 2.10. The molecule has 5 heteroatoms. The summed E-state index contributed by atoms with van der Waals surface area (Å²) in [7, 11) is 0. The first-order chi connectivity index (χ1) is 6.68. The topological polar surface area (TPSA) is 57.8 Å². The molecule has 0 fully saturated rings. The minimum absolute atomic E-state index is 0.122. The zero-order valence-corrected chi connectivity index (χ0v) is 8.22. The van der Waals surface area contributed by atoms with Crippen molar-refractivity contribution in [2.75, 3.05) is 5.32 Å². The Hall–Kier alpha value is -1.55. The molecule has 1 amide bonds. The number of nitrogens with zero attached hydrogens (tertiary/aromatic N) is 1. The summed E-state index contributed by atoms with van der Waals surface area (Å²) in [6.07, 6.45) is 3.25. The molecule has 0 aliphatic rings. The molecule has 2 rings (SSSR count). The number of fused-ring (bicyclic) bond motifs is 1. The number of nitrogens with one attached hydrogen (secondary N) is 2. The molecule has 0 saturated heterocycles. The maximum Gasteiger partial charge on any atom is 0.221 e. The summed E-state index contributed by atoms with van der Waals surface area (Å²) in [5.74, 6) is -0.122. The molecular weight excluding hydrogens is 202 g/mol. The van der Waals surface area contributed by atoms with E-state index in [0.29, 0.717) is 16.2 Å². The second kappa shape index (κ2) is 3.31. The summed E-state index contributed by atoms with van der Waals surface area (Å²) in [4.78, 5) is 17.9. The van der Waals surface area contributed by atoms with E-state index in [1.807, 2.05) is 0 Å². The Balaban J connectivity index is 2.59. The van der Waals surface area contributed by atoms with E-state index < -0.39 is 0 Å². The number of carbonyl (C=O) groups excluding carboxylic acids is 1. The average molecular weight is 210 g/mol. The quantitative estimate of drug-likeness (QED) is 0.756. The molecule has 72 valence electrons. The molecule has 0 aromatic carbocycles. The van der Waals surface area contributed by atoms with Gasteiger partial charge in [-0.25, -0.2) is 0 Å². The average Bonchev–Trinajstić information content (AvgIpc) is 2.49. The van der Waals surface area contributed by atoms with E-state index in [2.05, 4.69) is 15.3 Å². The lowest BCUT2D eigenvalue weighted by Gasteiger charge is -2.02. The molecule has 0 saturated carbocycles. The van der Waals surface area contributed by atoms with Crippen molar-refractivity contribution in [2.24, 2.45) is 0 Å². The molecule has 2 heterocycles. The van der Waals surface area contributed by atoms with Crippen LogP contribution in [-0.2, 0) is 4.79 Å². The number of rotatable bonds is 1. The number of H-pyrrole nitrogens is 1. The van der Waals surface area contributed by atoms with Crippen LogP contribution in [-0.4, -0.2) is 15.9 Å². The number of anilines is 1. The summed E-state index contributed by atoms with van der Waals surface area (Å²) >= 11 is 5.87. The number of pyridine rings is 1. The van der Waals surface area contributed by atoms with E-state index >= 15 is 0 Å². The number of carbonyl (C=O) groups is 1. The highest BCUT2D eigenvalue weighted by Crippen LogP contribution is 2.25. The fourth-order valence-electron chi connectivity index (χ4n) is 1.29. The van der Waals surface area contributed by atoms with Crippen molar-refractivity contribution in [3.63, 3.8) is 0 Å². The van der Waals surface area contributed by atoms with E-state index in [1.165, 1.54) is 6.92 Å². The number of halogens is 1. The molecule has 0 bridgehead atoms. The molecule has 2 aromatic rings. The lowest BCUT2D eigenvalue weighted by Crippen LogP contribution is -2.06. The Kier molecular flexibility index (Phi) is 2.13. The summed E-state index contributed by atoms with van der Waals surface area (Å²) < 4.78 is 0. The van der Waals surface area contributed by atoms with Crippen LogP contribution < -0.4 is 5.32 Å². The van der Waals surface area contributed by atoms with Crippen LogP contribution in [0.1, 0.15) is 6.92 Å². The molecule has 2 N–H and O–H groups in total. The molecule has 4 nitrogen and oxygen atoms in total. The van der Waals surface area contributed by atoms with Gasteiger partial charge in [0.25, 0.3) is 0 Å². The van der Waals surface area contributed by atoms with Gasteiger partial charge in [-0.3, -0.25) is 9.78 Å². The highest BCUT2D eigenvalue weighted by Gasteiger charge is 2.07. The second-order valence-electron chi connectivity index (χ2n) is 2.90. The Morgan fingerprint density at radius 1 is 1.64 bits per heavy atom. The lowest BCUT2D eigenvalue weighted by molar-refractivity contribution is -0.114. The van der Waals surface area contributed by atoms with Gasteiger partial charge in [-0.2, -0.15) is 0 Å². The largest absolute Gasteiger partial charge is 0.357 e. The third kappa shape index (κ3) is 1.44. The molecule has 0 radical (unpaired) electrons.